The SMILES string of the molecule is [C-]#[N+]C1=C[C@]2(C)C3=CC(=O)[C@@H]4[C@@H]5CC(C)(C)CC[C@]5(Cn5cc(C)nn5)CC[C@@]4(C)[C@]3(C)CC[C@H]2C(C)(C)C1=O. The van der Waals surface area contributed by atoms with Crippen LogP contribution in [0, 0.1) is 63.7 Å². The molecule has 3 fully saturated rings. The lowest BCUT2D eigenvalue weighted by Crippen LogP contribution is -2.65. The fourth-order valence-corrected chi connectivity index (χ4v) is 10.8. The van der Waals surface area contributed by atoms with E-state index < -0.39 is 10.8 Å². The van der Waals surface area contributed by atoms with Crippen molar-refractivity contribution in [3.8, 4) is 0 Å². The summed E-state index contributed by atoms with van der Waals surface area (Å²) in [6.07, 6.45) is 13.3. The summed E-state index contributed by atoms with van der Waals surface area (Å²) in [6, 6.07) is 0. The van der Waals surface area contributed by atoms with Crippen molar-refractivity contribution in [3.05, 3.63) is 46.7 Å². The molecule has 6 nitrogen and oxygen atoms in total. The van der Waals surface area contributed by atoms with E-state index in [0.29, 0.717) is 0 Å². The van der Waals surface area contributed by atoms with Gasteiger partial charge in [0.1, 0.15) is 0 Å². The summed E-state index contributed by atoms with van der Waals surface area (Å²) in [4.78, 5) is 31.6. The van der Waals surface area contributed by atoms with Crippen LogP contribution in [-0.4, -0.2) is 26.6 Å². The smallest absolute Gasteiger partial charge is 0.226 e. The number of carbonyl (C=O) groups is 2. The summed E-state index contributed by atoms with van der Waals surface area (Å²) in [5.41, 5.74) is 1.13. The van der Waals surface area contributed by atoms with Crippen molar-refractivity contribution in [1.29, 1.82) is 0 Å². The molecule has 0 spiro atoms. The van der Waals surface area contributed by atoms with Crippen molar-refractivity contribution in [2.45, 2.75) is 107 Å². The van der Waals surface area contributed by atoms with Crippen LogP contribution in [0.3, 0.4) is 0 Å². The van der Waals surface area contributed by atoms with Gasteiger partial charge in [-0.25, -0.2) is 4.85 Å². The summed E-state index contributed by atoms with van der Waals surface area (Å²) < 4.78 is 2.03. The van der Waals surface area contributed by atoms with Gasteiger partial charge >= 0.3 is 0 Å². The van der Waals surface area contributed by atoms with Crippen LogP contribution in [0.5, 0.6) is 0 Å². The molecular formula is C34H46N4O2. The molecule has 0 aliphatic heterocycles. The van der Waals surface area contributed by atoms with Crippen LogP contribution >= 0.6 is 0 Å². The van der Waals surface area contributed by atoms with E-state index in [-0.39, 0.29) is 56.7 Å². The minimum absolute atomic E-state index is 0.0364. The second-order valence-corrected chi connectivity index (χ2v) is 16.1. The average Bonchev–Trinajstić information content (AvgIpc) is 3.27. The van der Waals surface area contributed by atoms with Crippen molar-refractivity contribution in [2.24, 2.45) is 50.2 Å². The predicted octanol–water partition coefficient (Wildman–Crippen LogP) is 7.16. The van der Waals surface area contributed by atoms with Gasteiger partial charge in [-0.3, -0.25) is 9.48 Å². The number of hydrogen-bond acceptors (Lipinski definition) is 4. The lowest BCUT2D eigenvalue weighted by Gasteiger charge is -2.69. The lowest BCUT2D eigenvalue weighted by molar-refractivity contribution is -0.174. The Balaban J connectivity index is 1.50. The van der Waals surface area contributed by atoms with E-state index in [0.717, 1.165) is 50.8 Å². The number of allylic oxidation sites excluding steroid dienone is 4. The molecule has 1 heterocycles. The fraction of sp³-hybridized carbons (Fsp3) is 0.735. The number of rotatable bonds is 2. The van der Waals surface area contributed by atoms with Crippen LogP contribution < -0.4 is 0 Å². The highest BCUT2D eigenvalue weighted by atomic mass is 16.1. The number of aryl methyl sites for hydroxylation is 1. The Morgan fingerprint density at radius 1 is 1.02 bits per heavy atom. The molecule has 1 aromatic rings. The molecule has 0 bridgehead atoms. The van der Waals surface area contributed by atoms with Crippen LogP contribution in [0.1, 0.15) is 99.1 Å². The number of carbonyl (C=O) groups excluding carboxylic acids is 2. The standard InChI is InChI=1S/C34H46N4O2/c1-21-19-38(37-36-21)20-34-14-12-29(2,3)17-22(34)27-24(39)16-26-31(6)18-23(35-9)28(40)30(4,5)25(31)10-11-32(26,7)33(27,8)13-15-34/h16,18-19,22,25,27H,10-15,17,20H2,1-8H3/t22-,25-,27-,31-,32+,33+,34+/m0/s1. The van der Waals surface area contributed by atoms with Gasteiger partial charge in [0, 0.05) is 29.5 Å². The van der Waals surface area contributed by atoms with E-state index in [1.165, 1.54) is 12.0 Å². The Labute approximate surface area is 239 Å². The summed E-state index contributed by atoms with van der Waals surface area (Å²) in [7, 11) is 0. The minimum atomic E-state index is -0.628. The normalized spacial score (nSPS) is 43.3. The van der Waals surface area contributed by atoms with E-state index in [2.05, 4.69) is 56.0 Å². The van der Waals surface area contributed by atoms with E-state index in [1.54, 1.807) is 0 Å². The van der Waals surface area contributed by atoms with Gasteiger partial charge < -0.3 is 4.79 Å². The van der Waals surface area contributed by atoms with E-state index in [4.69, 9.17) is 6.57 Å². The van der Waals surface area contributed by atoms with Crippen molar-refractivity contribution < 1.29 is 9.59 Å². The summed E-state index contributed by atoms with van der Waals surface area (Å²) in [6.45, 7) is 26.4. The molecule has 5 aliphatic carbocycles. The average molecular weight is 543 g/mol. The van der Waals surface area contributed by atoms with E-state index >= 15 is 0 Å². The topological polar surface area (TPSA) is 69.2 Å². The molecule has 1 aromatic heterocycles. The van der Waals surface area contributed by atoms with Gasteiger partial charge in [0.25, 0.3) is 0 Å². The first-order valence-electron chi connectivity index (χ1n) is 15.3. The number of ketones is 2. The highest BCUT2D eigenvalue weighted by Crippen LogP contribution is 2.74. The lowest BCUT2D eigenvalue weighted by atomic mass is 9.34. The highest BCUT2D eigenvalue weighted by molar-refractivity contribution is 6.03. The maximum atomic E-state index is 14.6. The molecule has 0 N–H and O–H groups in total. The zero-order chi connectivity index (χ0) is 29.1. The number of fused-ring (bicyclic) bond motifs is 7. The quantitative estimate of drug-likeness (QED) is 0.372. The van der Waals surface area contributed by atoms with Crippen LogP contribution in [0.15, 0.2) is 29.6 Å². The summed E-state index contributed by atoms with van der Waals surface area (Å²) >= 11 is 0. The first kappa shape index (κ1) is 27.6. The van der Waals surface area contributed by atoms with Gasteiger partial charge in [-0.05, 0) is 91.4 Å². The molecule has 6 rings (SSSR count). The number of Topliss-reactive ketones (excluding diaryl/α,β-unsaturated/α-hetero) is 1. The van der Waals surface area contributed by atoms with Crippen molar-refractivity contribution in [1.82, 2.24) is 15.0 Å². The molecular weight excluding hydrogens is 496 g/mol. The number of nitrogens with zero attached hydrogens (tertiary/aromatic N) is 4. The molecule has 0 saturated heterocycles. The molecule has 0 radical (unpaired) electrons. The van der Waals surface area contributed by atoms with Crippen molar-refractivity contribution in [3.63, 3.8) is 0 Å². The van der Waals surface area contributed by atoms with Crippen molar-refractivity contribution in [2.75, 3.05) is 0 Å². The summed E-state index contributed by atoms with van der Waals surface area (Å²) in [5.74, 6) is 0.548. The predicted molar refractivity (Wildman–Crippen MR) is 155 cm³/mol. The van der Waals surface area contributed by atoms with E-state index in [9.17, 15) is 9.59 Å². The Morgan fingerprint density at radius 3 is 2.38 bits per heavy atom. The van der Waals surface area contributed by atoms with E-state index in [1.807, 2.05) is 37.6 Å². The Morgan fingerprint density at radius 2 is 1.73 bits per heavy atom. The number of aromatic nitrogens is 3. The zero-order valence-electron chi connectivity index (χ0n) is 25.7. The van der Waals surface area contributed by atoms with Gasteiger partial charge in [-0.2, -0.15) is 0 Å². The molecule has 3 saturated carbocycles. The molecule has 7 atom stereocenters. The molecule has 0 amide bonds. The third kappa shape index (κ3) is 3.45. The Kier molecular flexibility index (Phi) is 5.70. The third-order valence-electron chi connectivity index (χ3n) is 13.2. The molecule has 6 heteroatoms. The van der Waals surface area contributed by atoms with Crippen LogP contribution in [-0.2, 0) is 16.1 Å². The molecule has 40 heavy (non-hydrogen) atoms. The van der Waals surface area contributed by atoms with Gasteiger partial charge in [0.15, 0.2) is 11.6 Å². The maximum Gasteiger partial charge on any atom is 0.226 e. The second-order valence-electron chi connectivity index (χ2n) is 16.1. The molecule has 0 aromatic carbocycles. The third-order valence-corrected chi connectivity index (χ3v) is 13.2. The minimum Gasteiger partial charge on any atom is -0.307 e. The van der Waals surface area contributed by atoms with Crippen LogP contribution in [0.2, 0.25) is 0 Å². The summed E-state index contributed by atoms with van der Waals surface area (Å²) in [5, 5.41) is 8.73. The number of hydrogen-bond donors (Lipinski definition) is 0. The highest BCUT2D eigenvalue weighted by Gasteiger charge is 2.69. The maximum absolute atomic E-state index is 14.6. The monoisotopic (exact) mass is 542 g/mol. The largest absolute Gasteiger partial charge is 0.307 e. The van der Waals surface area contributed by atoms with Crippen LogP contribution in [0.4, 0.5) is 0 Å². The second kappa shape index (κ2) is 8.26. The Hall–Kier alpha value is -2.55. The van der Waals surface area contributed by atoms with Crippen molar-refractivity contribution >= 4 is 11.6 Å². The zero-order valence-corrected chi connectivity index (χ0v) is 25.7. The Bertz CT molecular complexity index is 1410. The van der Waals surface area contributed by atoms with Gasteiger partial charge in [-0.15, -0.1) is 5.10 Å². The fourth-order valence-electron chi connectivity index (χ4n) is 10.8. The first-order valence-corrected chi connectivity index (χ1v) is 15.3. The molecule has 5 aliphatic rings. The molecule has 0 unspecified atom stereocenters. The first-order chi connectivity index (χ1) is 18.5. The molecule has 214 valence electrons. The van der Waals surface area contributed by atoms with Gasteiger partial charge in [0.2, 0.25) is 5.70 Å². The van der Waals surface area contributed by atoms with Gasteiger partial charge in [-0.1, -0.05) is 65.3 Å². The van der Waals surface area contributed by atoms with Crippen LogP contribution in [0.25, 0.3) is 4.85 Å². The van der Waals surface area contributed by atoms with Gasteiger partial charge in [0.05, 0.1) is 12.3 Å².